The number of methoxy groups -OCH3 is 1. The Bertz CT molecular complexity index is 309. The molecule has 0 aliphatic carbocycles. The Morgan fingerprint density at radius 1 is 1.38 bits per heavy atom. The van der Waals surface area contributed by atoms with Gasteiger partial charge in [-0.3, -0.25) is 4.79 Å². The minimum Gasteiger partial charge on any atom is -0.508 e. The summed E-state index contributed by atoms with van der Waals surface area (Å²) in [5, 5.41) is 9.02. The van der Waals surface area contributed by atoms with Crippen LogP contribution in [0, 0.1) is 0 Å². The van der Waals surface area contributed by atoms with E-state index in [1.807, 2.05) is 13.8 Å². The largest absolute Gasteiger partial charge is 0.508 e. The van der Waals surface area contributed by atoms with Crippen LogP contribution in [0.15, 0.2) is 24.3 Å². The van der Waals surface area contributed by atoms with Crippen LogP contribution in [-0.2, 0) is 16.0 Å². The van der Waals surface area contributed by atoms with Crippen molar-refractivity contribution in [3.63, 3.8) is 0 Å². The lowest BCUT2D eigenvalue weighted by Gasteiger charge is -2.08. The highest BCUT2D eigenvalue weighted by atomic mass is 16.5. The van der Waals surface area contributed by atoms with Crippen LogP contribution < -0.4 is 5.73 Å². The van der Waals surface area contributed by atoms with Gasteiger partial charge in [-0.2, -0.15) is 0 Å². The third-order valence-electron chi connectivity index (χ3n) is 1.90. The molecular formula is C12H19NO3. The van der Waals surface area contributed by atoms with Crippen molar-refractivity contribution in [2.45, 2.75) is 26.3 Å². The van der Waals surface area contributed by atoms with Gasteiger partial charge in [0.25, 0.3) is 0 Å². The van der Waals surface area contributed by atoms with Gasteiger partial charge in [-0.15, -0.1) is 0 Å². The summed E-state index contributed by atoms with van der Waals surface area (Å²) in [5.74, 6) is -0.238. The molecule has 0 saturated carbocycles. The maximum absolute atomic E-state index is 11.0. The van der Waals surface area contributed by atoms with Crippen molar-refractivity contribution < 1.29 is 14.6 Å². The molecule has 4 heteroatoms. The van der Waals surface area contributed by atoms with E-state index < -0.39 is 12.0 Å². The number of carbonyl (C=O) groups excluding carboxylic acids is 1. The normalized spacial score (nSPS) is 11.0. The zero-order chi connectivity index (χ0) is 12.6. The third-order valence-corrected chi connectivity index (χ3v) is 1.90. The molecule has 0 heterocycles. The highest BCUT2D eigenvalue weighted by Gasteiger charge is 2.13. The Kier molecular flexibility index (Phi) is 6.96. The van der Waals surface area contributed by atoms with Crippen LogP contribution in [0.4, 0.5) is 0 Å². The summed E-state index contributed by atoms with van der Waals surface area (Å²) in [6.45, 7) is 4.00. The van der Waals surface area contributed by atoms with Gasteiger partial charge in [0, 0.05) is 0 Å². The van der Waals surface area contributed by atoms with E-state index in [0.717, 1.165) is 5.56 Å². The number of phenolic OH excluding ortho intramolecular Hbond substituents is 1. The third kappa shape index (κ3) is 4.79. The van der Waals surface area contributed by atoms with E-state index in [1.165, 1.54) is 7.11 Å². The zero-order valence-corrected chi connectivity index (χ0v) is 9.93. The first-order valence-corrected chi connectivity index (χ1v) is 5.25. The van der Waals surface area contributed by atoms with Gasteiger partial charge < -0.3 is 15.6 Å². The monoisotopic (exact) mass is 225 g/mol. The molecule has 0 aliphatic rings. The van der Waals surface area contributed by atoms with Gasteiger partial charge in [0.1, 0.15) is 11.8 Å². The molecule has 0 amide bonds. The van der Waals surface area contributed by atoms with Crippen LogP contribution in [0.3, 0.4) is 0 Å². The van der Waals surface area contributed by atoms with Crippen molar-refractivity contribution in [3.05, 3.63) is 29.8 Å². The minimum absolute atomic E-state index is 0.195. The van der Waals surface area contributed by atoms with Gasteiger partial charge in [0.05, 0.1) is 7.11 Å². The Morgan fingerprint density at radius 3 is 2.31 bits per heavy atom. The predicted molar refractivity (Wildman–Crippen MR) is 63.2 cm³/mol. The van der Waals surface area contributed by atoms with Crippen LogP contribution in [0.1, 0.15) is 19.4 Å². The zero-order valence-electron chi connectivity index (χ0n) is 9.93. The lowest BCUT2D eigenvalue weighted by Crippen LogP contribution is -2.33. The summed E-state index contributed by atoms with van der Waals surface area (Å²) in [4.78, 5) is 11.0. The molecule has 0 bridgehead atoms. The number of ether oxygens (including phenoxy) is 1. The number of rotatable bonds is 3. The van der Waals surface area contributed by atoms with E-state index in [-0.39, 0.29) is 5.75 Å². The molecule has 0 fully saturated rings. The molecule has 0 saturated heterocycles. The number of phenols is 1. The summed E-state index contributed by atoms with van der Waals surface area (Å²) in [7, 11) is 1.30. The second-order valence-electron chi connectivity index (χ2n) is 3.00. The van der Waals surface area contributed by atoms with E-state index in [2.05, 4.69) is 4.74 Å². The standard InChI is InChI=1S/C10H13NO3.C2H6/c1-14-10(13)9(11)6-7-2-4-8(12)5-3-7;1-2/h2-5,9,12H,6,11H2,1H3;1-2H3/t9-;/m0./s1. The van der Waals surface area contributed by atoms with Crippen LogP contribution in [0.25, 0.3) is 0 Å². The van der Waals surface area contributed by atoms with Crippen LogP contribution in [0.5, 0.6) is 5.75 Å². The van der Waals surface area contributed by atoms with Crippen LogP contribution in [0.2, 0.25) is 0 Å². The summed E-state index contributed by atoms with van der Waals surface area (Å²) in [6, 6.07) is 5.90. The number of carbonyl (C=O) groups is 1. The Labute approximate surface area is 96.0 Å². The molecule has 90 valence electrons. The predicted octanol–water partition coefficient (Wildman–Crippen LogP) is 1.46. The van der Waals surface area contributed by atoms with Crippen LogP contribution >= 0.6 is 0 Å². The van der Waals surface area contributed by atoms with E-state index in [1.54, 1.807) is 24.3 Å². The summed E-state index contributed by atoms with van der Waals surface area (Å²) < 4.78 is 4.49. The fraction of sp³-hybridized carbons (Fsp3) is 0.417. The molecule has 3 N–H and O–H groups in total. The maximum atomic E-state index is 11.0. The molecule has 0 aromatic heterocycles. The average Bonchev–Trinajstić information content (AvgIpc) is 2.33. The number of hydrogen-bond donors (Lipinski definition) is 2. The number of nitrogens with two attached hydrogens (primary N) is 1. The number of aromatic hydroxyl groups is 1. The van der Waals surface area contributed by atoms with Gasteiger partial charge in [0.2, 0.25) is 0 Å². The highest BCUT2D eigenvalue weighted by Crippen LogP contribution is 2.10. The summed E-state index contributed by atoms with van der Waals surface area (Å²) in [6.07, 6.45) is 0.410. The number of hydrogen-bond acceptors (Lipinski definition) is 4. The molecule has 1 aromatic rings. The molecule has 0 radical (unpaired) electrons. The lowest BCUT2D eigenvalue weighted by molar-refractivity contribution is -0.142. The lowest BCUT2D eigenvalue weighted by atomic mass is 10.1. The van der Waals surface area contributed by atoms with Gasteiger partial charge in [-0.25, -0.2) is 0 Å². The molecule has 0 aliphatic heterocycles. The Morgan fingerprint density at radius 2 is 1.88 bits per heavy atom. The first-order chi connectivity index (χ1) is 7.63. The molecule has 0 spiro atoms. The smallest absolute Gasteiger partial charge is 0.322 e. The molecule has 4 nitrogen and oxygen atoms in total. The maximum Gasteiger partial charge on any atom is 0.322 e. The first kappa shape index (κ1) is 14.5. The van der Waals surface area contributed by atoms with Crippen molar-refractivity contribution in [2.75, 3.05) is 7.11 Å². The molecule has 1 rings (SSSR count). The van der Waals surface area contributed by atoms with Crippen molar-refractivity contribution in [2.24, 2.45) is 5.73 Å². The quantitative estimate of drug-likeness (QED) is 0.764. The fourth-order valence-corrected chi connectivity index (χ4v) is 1.12. The topological polar surface area (TPSA) is 72.5 Å². The summed E-state index contributed by atoms with van der Waals surface area (Å²) >= 11 is 0. The summed E-state index contributed by atoms with van der Waals surface area (Å²) in [5.41, 5.74) is 6.45. The second kappa shape index (κ2) is 7.70. The molecule has 1 aromatic carbocycles. The van der Waals surface area contributed by atoms with Gasteiger partial charge in [-0.05, 0) is 24.1 Å². The number of esters is 1. The van der Waals surface area contributed by atoms with Crippen molar-refractivity contribution >= 4 is 5.97 Å². The van der Waals surface area contributed by atoms with E-state index in [0.29, 0.717) is 6.42 Å². The van der Waals surface area contributed by atoms with E-state index in [9.17, 15) is 4.79 Å². The first-order valence-electron chi connectivity index (χ1n) is 5.25. The molecule has 0 unspecified atom stereocenters. The average molecular weight is 225 g/mol. The van der Waals surface area contributed by atoms with Gasteiger partial charge in [-0.1, -0.05) is 26.0 Å². The minimum atomic E-state index is -0.649. The van der Waals surface area contributed by atoms with E-state index >= 15 is 0 Å². The molecular weight excluding hydrogens is 206 g/mol. The van der Waals surface area contributed by atoms with Crippen LogP contribution in [-0.4, -0.2) is 24.2 Å². The van der Waals surface area contributed by atoms with Crippen molar-refractivity contribution in [3.8, 4) is 5.75 Å². The SMILES string of the molecule is CC.COC(=O)[C@@H](N)Cc1ccc(O)cc1. The molecule has 16 heavy (non-hydrogen) atoms. The van der Waals surface area contributed by atoms with Gasteiger partial charge >= 0.3 is 5.97 Å². The highest BCUT2D eigenvalue weighted by molar-refractivity contribution is 5.75. The van der Waals surface area contributed by atoms with E-state index in [4.69, 9.17) is 10.8 Å². The Balaban J connectivity index is 0.00000106. The Hall–Kier alpha value is -1.55. The fourth-order valence-electron chi connectivity index (χ4n) is 1.12. The second-order valence-corrected chi connectivity index (χ2v) is 3.00. The van der Waals surface area contributed by atoms with Crippen molar-refractivity contribution in [1.82, 2.24) is 0 Å². The van der Waals surface area contributed by atoms with Crippen molar-refractivity contribution in [1.29, 1.82) is 0 Å². The number of benzene rings is 1. The van der Waals surface area contributed by atoms with Gasteiger partial charge in [0.15, 0.2) is 0 Å². The molecule has 1 atom stereocenters.